The lowest BCUT2D eigenvalue weighted by Gasteiger charge is -2.04. The molecule has 66 valence electrons. The summed E-state index contributed by atoms with van der Waals surface area (Å²) in [5.74, 6) is 2.40. The van der Waals surface area contributed by atoms with Gasteiger partial charge in [0.2, 0.25) is 0 Å². The molecule has 0 spiro atoms. The minimum Gasteiger partial charge on any atom is -0.368 e. The molecular weight excluding hydrogens is 152 g/mol. The van der Waals surface area contributed by atoms with Crippen molar-refractivity contribution in [2.24, 2.45) is 0 Å². The molecule has 0 saturated carbocycles. The van der Waals surface area contributed by atoms with Gasteiger partial charge in [0.1, 0.15) is 6.10 Å². The number of hydrogen-bond acceptors (Lipinski definition) is 2. The number of methoxy groups -OCH3 is 1. The van der Waals surface area contributed by atoms with Gasteiger partial charge < -0.3 is 4.74 Å². The Hall–Kier alpha value is -1.07. The molecule has 2 nitrogen and oxygen atoms in total. The number of terminal acetylenes is 1. The molecule has 12 heavy (non-hydrogen) atoms. The molecular formula is C10H14O2. The number of ether oxygens (including phenoxy) is 1. The van der Waals surface area contributed by atoms with Crippen molar-refractivity contribution in [1.82, 2.24) is 0 Å². The van der Waals surface area contributed by atoms with Crippen molar-refractivity contribution in [2.45, 2.75) is 26.4 Å². The van der Waals surface area contributed by atoms with Gasteiger partial charge in [-0.1, -0.05) is 11.5 Å². The van der Waals surface area contributed by atoms with Crippen LogP contribution in [0.15, 0.2) is 11.6 Å². The first-order valence-electron chi connectivity index (χ1n) is 3.76. The Bertz CT molecular complexity index is 216. The fourth-order valence-corrected chi connectivity index (χ4v) is 0.774. The molecule has 0 amide bonds. The van der Waals surface area contributed by atoms with Crippen molar-refractivity contribution in [3.63, 3.8) is 0 Å². The van der Waals surface area contributed by atoms with Crippen molar-refractivity contribution < 1.29 is 9.53 Å². The molecule has 0 rings (SSSR count). The van der Waals surface area contributed by atoms with Crippen molar-refractivity contribution in [2.75, 3.05) is 7.11 Å². The van der Waals surface area contributed by atoms with E-state index >= 15 is 0 Å². The first-order valence-corrected chi connectivity index (χ1v) is 3.76. The van der Waals surface area contributed by atoms with Gasteiger partial charge in [0, 0.05) is 13.5 Å². The summed E-state index contributed by atoms with van der Waals surface area (Å²) in [5.41, 5.74) is 0.979. The average molecular weight is 166 g/mol. The second-order valence-corrected chi connectivity index (χ2v) is 2.78. The highest BCUT2D eigenvalue weighted by atomic mass is 16.5. The van der Waals surface area contributed by atoms with Gasteiger partial charge in [-0.05, 0) is 19.9 Å². The van der Waals surface area contributed by atoms with Gasteiger partial charge in [-0.3, -0.25) is 4.79 Å². The van der Waals surface area contributed by atoms with E-state index in [1.165, 1.54) is 7.11 Å². The molecule has 0 aliphatic carbocycles. The van der Waals surface area contributed by atoms with E-state index in [2.05, 4.69) is 5.92 Å². The highest BCUT2D eigenvalue weighted by molar-refractivity contribution is 5.90. The van der Waals surface area contributed by atoms with E-state index in [4.69, 9.17) is 11.2 Å². The molecule has 0 saturated heterocycles. The van der Waals surface area contributed by atoms with Crippen LogP contribution in [0, 0.1) is 12.3 Å². The number of carbonyl (C=O) groups is 1. The van der Waals surface area contributed by atoms with E-state index in [0.29, 0.717) is 0 Å². The maximum absolute atomic E-state index is 11.1. The monoisotopic (exact) mass is 166 g/mol. The van der Waals surface area contributed by atoms with E-state index in [1.54, 1.807) is 6.08 Å². The first-order chi connectivity index (χ1) is 5.60. The van der Waals surface area contributed by atoms with Crippen LogP contribution in [0.1, 0.15) is 20.3 Å². The van der Waals surface area contributed by atoms with Crippen molar-refractivity contribution in [3.05, 3.63) is 11.6 Å². The van der Waals surface area contributed by atoms with Crippen LogP contribution >= 0.6 is 0 Å². The molecule has 0 aliphatic rings. The molecule has 1 unspecified atom stereocenters. The topological polar surface area (TPSA) is 26.3 Å². The average Bonchev–Trinajstić information content (AvgIpc) is 1.98. The predicted octanol–water partition coefficient (Wildman–Crippen LogP) is 1.56. The fourth-order valence-electron chi connectivity index (χ4n) is 0.774. The third kappa shape index (κ3) is 4.70. The minimum absolute atomic E-state index is 0.0137. The SMILES string of the molecule is C#CC(CC(=O)C=C(C)C)OC. The number of rotatable bonds is 4. The van der Waals surface area contributed by atoms with Gasteiger partial charge in [0.05, 0.1) is 0 Å². The largest absolute Gasteiger partial charge is 0.368 e. The summed E-state index contributed by atoms with van der Waals surface area (Å²) in [6.45, 7) is 3.74. The van der Waals surface area contributed by atoms with Crippen LogP contribution < -0.4 is 0 Å². The van der Waals surface area contributed by atoms with Crippen LogP contribution in [0.5, 0.6) is 0 Å². The summed E-state index contributed by atoms with van der Waals surface area (Å²) >= 11 is 0. The quantitative estimate of drug-likeness (QED) is 0.468. The maximum Gasteiger partial charge on any atom is 0.159 e. The molecule has 0 aromatic carbocycles. The molecule has 2 heteroatoms. The van der Waals surface area contributed by atoms with Crippen LogP contribution in [0.3, 0.4) is 0 Å². The summed E-state index contributed by atoms with van der Waals surface area (Å²) in [6.07, 6.45) is 6.55. The summed E-state index contributed by atoms with van der Waals surface area (Å²) in [4.78, 5) is 11.1. The van der Waals surface area contributed by atoms with Gasteiger partial charge in [-0.2, -0.15) is 0 Å². The van der Waals surface area contributed by atoms with Gasteiger partial charge in [0.15, 0.2) is 5.78 Å². The van der Waals surface area contributed by atoms with Crippen molar-refractivity contribution in [3.8, 4) is 12.3 Å². The lowest BCUT2D eigenvalue weighted by molar-refractivity contribution is -0.116. The lowest BCUT2D eigenvalue weighted by atomic mass is 10.1. The molecule has 0 N–H and O–H groups in total. The van der Waals surface area contributed by atoms with E-state index in [9.17, 15) is 4.79 Å². The van der Waals surface area contributed by atoms with E-state index < -0.39 is 6.10 Å². The van der Waals surface area contributed by atoms with Gasteiger partial charge in [0.25, 0.3) is 0 Å². The number of hydrogen-bond donors (Lipinski definition) is 0. The minimum atomic E-state index is -0.395. The second-order valence-electron chi connectivity index (χ2n) is 2.78. The van der Waals surface area contributed by atoms with Crippen LogP contribution in [-0.2, 0) is 9.53 Å². The summed E-state index contributed by atoms with van der Waals surface area (Å²) in [7, 11) is 1.50. The Morgan fingerprint density at radius 3 is 2.58 bits per heavy atom. The summed E-state index contributed by atoms with van der Waals surface area (Å²) in [6, 6.07) is 0. The summed E-state index contributed by atoms with van der Waals surface area (Å²) < 4.78 is 4.87. The Labute approximate surface area is 73.6 Å². The van der Waals surface area contributed by atoms with E-state index in [0.717, 1.165) is 5.57 Å². The Kier molecular flexibility index (Phi) is 5.07. The zero-order chi connectivity index (χ0) is 9.56. The Morgan fingerprint density at radius 2 is 2.25 bits per heavy atom. The molecule has 0 fully saturated rings. The molecule has 0 aromatic rings. The van der Waals surface area contributed by atoms with Crippen LogP contribution in [0.2, 0.25) is 0 Å². The summed E-state index contributed by atoms with van der Waals surface area (Å²) in [5, 5.41) is 0. The van der Waals surface area contributed by atoms with E-state index in [1.807, 2.05) is 13.8 Å². The zero-order valence-electron chi connectivity index (χ0n) is 7.76. The molecule has 1 atom stereocenters. The highest BCUT2D eigenvalue weighted by Gasteiger charge is 2.07. The number of ketones is 1. The fraction of sp³-hybridized carbons (Fsp3) is 0.500. The molecule has 0 radical (unpaired) electrons. The Balaban J connectivity index is 4.02. The van der Waals surface area contributed by atoms with Crippen LogP contribution in [0.25, 0.3) is 0 Å². The smallest absolute Gasteiger partial charge is 0.159 e. The lowest BCUT2D eigenvalue weighted by Crippen LogP contribution is -2.12. The number of carbonyl (C=O) groups excluding carboxylic acids is 1. The molecule has 0 bridgehead atoms. The predicted molar refractivity (Wildman–Crippen MR) is 48.7 cm³/mol. The van der Waals surface area contributed by atoms with Gasteiger partial charge in [-0.25, -0.2) is 0 Å². The normalized spacial score (nSPS) is 11.5. The van der Waals surface area contributed by atoms with Crippen molar-refractivity contribution >= 4 is 5.78 Å². The van der Waals surface area contributed by atoms with Gasteiger partial charge in [-0.15, -0.1) is 6.42 Å². The van der Waals surface area contributed by atoms with Crippen molar-refractivity contribution in [1.29, 1.82) is 0 Å². The standard InChI is InChI=1S/C10H14O2/c1-5-10(12-4)7-9(11)6-8(2)3/h1,6,10H,7H2,2-4H3. The van der Waals surface area contributed by atoms with Crippen LogP contribution in [0.4, 0.5) is 0 Å². The number of allylic oxidation sites excluding steroid dienone is 2. The third-order valence-electron chi connectivity index (χ3n) is 1.31. The first kappa shape index (κ1) is 10.9. The molecule has 0 aromatic heterocycles. The van der Waals surface area contributed by atoms with E-state index in [-0.39, 0.29) is 12.2 Å². The third-order valence-corrected chi connectivity index (χ3v) is 1.31. The second kappa shape index (κ2) is 5.56. The molecule has 0 heterocycles. The highest BCUT2D eigenvalue weighted by Crippen LogP contribution is 1.99. The maximum atomic E-state index is 11.1. The molecule has 0 aliphatic heterocycles. The zero-order valence-corrected chi connectivity index (χ0v) is 7.76. The van der Waals surface area contributed by atoms with Crippen LogP contribution in [-0.4, -0.2) is 19.0 Å². The van der Waals surface area contributed by atoms with Gasteiger partial charge >= 0.3 is 0 Å². The Morgan fingerprint density at radius 1 is 1.67 bits per heavy atom.